The van der Waals surface area contributed by atoms with Crippen molar-refractivity contribution in [2.75, 3.05) is 77.1 Å². The van der Waals surface area contributed by atoms with Crippen LogP contribution in [0.25, 0.3) is 0 Å². The molecule has 3 heterocycles. The summed E-state index contributed by atoms with van der Waals surface area (Å²) in [6.45, 7) is 10.9. The second kappa shape index (κ2) is 11.3. The highest BCUT2D eigenvalue weighted by Gasteiger charge is 2.34. The molecule has 2 saturated heterocycles. The first-order chi connectivity index (χ1) is 14.2. The molecule has 9 nitrogen and oxygen atoms in total. The summed E-state index contributed by atoms with van der Waals surface area (Å²) in [5, 5.41) is 16.2. The van der Waals surface area contributed by atoms with Crippen LogP contribution in [0, 0.1) is 5.41 Å². The number of guanidine groups is 1. The molecule has 0 radical (unpaired) electrons. The van der Waals surface area contributed by atoms with E-state index in [1.54, 1.807) is 12.4 Å². The van der Waals surface area contributed by atoms with Gasteiger partial charge in [0.05, 0.1) is 13.2 Å². The van der Waals surface area contributed by atoms with Crippen LogP contribution >= 0.6 is 0 Å². The van der Waals surface area contributed by atoms with Crippen molar-refractivity contribution in [2.45, 2.75) is 19.8 Å². The molecule has 0 spiro atoms. The molecule has 0 aliphatic carbocycles. The molecule has 1 aromatic heterocycles. The van der Waals surface area contributed by atoms with Gasteiger partial charge in [0.2, 0.25) is 5.95 Å². The Bertz CT molecular complexity index is 615. The predicted molar refractivity (Wildman–Crippen MR) is 114 cm³/mol. The Morgan fingerprint density at radius 1 is 1.24 bits per heavy atom. The third-order valence-electron chi connectivity index (χ3n) is 5.67. The van der Waals surface area contributed by atoms with Gasteiger partial charge in [-0.25, -0.2) is 9.97 Å². The van der Waals surface area contributed by atoms with E-state index in [-0.39, 0.29) is 12.0 Å². The summed E-state index contributed by atoms with van der Waals surface area (Å²) in [6, 6.07) is 1.85. The van der Waals surface area contributed by atoms with Gasteiger partial charge in [0.25, 0.3) is 0 Å². The van der Waals surface area contributed by atoms with Crippen LogP contribution in [0.15, 0.2) is 23.5 Å². The molecule has 0 aromatic carbocycles. The van der Waals surface area contributed by atoms with Crippen LogP contribution in [0.4, 0.5) is 5.95 Å². The van der Waals surface area contributed by atoms with Crippen LogP contribution in [0.5, 0.6) is 0 Å². The number of nitrogens with zero attached hydrogens (tertiary/aromatic N) is 5. The van der Waals surface area contributed by atoms with Gasteiger partial charge in [0.1, 0.15) is 0 Å². The summed E-state index contributed by atoms with van der Waals surface area (Å²) in [6.07, 6.45) is 5.29. The van der Waals surface area contributed by atoms with Crippen molar-refractivity contribution < 1.29 is 9.84 Å². The van der Waals surface area contributed by atoms with Gasteiger partial charge in [-0.05, 0) is 25.8 Å². The molecule has 3 rings (SSSR count). The Kier molecular flexibility index (Phi) is 8.45. The first kappa shape index (κ1) is 21.7. The Hall–Kier alpha value is -1.97. The van der Waals surface area contributed by atoms with Crippen LogP contribution in [0.3, 0.4) is 0 Å². The van der Waals surface area contributed by atoms with Crippen molar-refractivity contribution in [1.29, 1.82) is 0 Å². The highest BCUT2D eigenvalue weighted by Crippen LogP contribution is 2.32. The Morgan fingerprint density at radius 3 is 2.69 bits per heavy atom. The second-order valence-electron chi connectivity index (χ2n) is 7.78. The van der Waals surface area contributed by atoms with Gasteiger partial charge in [0.15, 0.2) is 5.96 Å². The van der Waals surface area contributed by atoms with Crippen molar-refractivity contribution in [1.82, 2.24) is 25.5 Å². The van der Waals surface area contributed by atoms with E-state index < -0.39 is 0 Å². The van der Waals surface area contributed by atoms with E-state index in [9.17, 15) is 5.11 Å². The number of hydrogen-bond donors (Lipinski definition) is 3. The quantitative estimate of drug-likeness (QED) is 0.388. The van der Waals surface area contributed by atoms with Gasteiger partial charge in [-0.15, -0.1) is 0 Å². The zero-order valence-corrected chi connectivity index (χ0v) is 17.5. The van der Waals surface area contributed by atoms with Crippen molar-refractivity contribution >= 4 is 11.9 Å². The molecule has 0 bridgehead atoms. The summed E-state index contributed by atoms with van der Waals surface area (Å²) >= 11 is 0. The van der Waals surface area contributed by atoms with Crippen LogP contribution < -0.4 is 15.5 Å². The molecule has 1 atom stereocenters. The van der Waals surface area contributed by atoms with Crippen molar-refractivity contribution in [3.8, 4) is 0 Å². The Balaban J connectivity index is 1.41. The number of rotatable bonds is 9. The second-order valence-corrected chi connectivity index (χ2v) is 7.78. The molecule has 1 aromatic rings. The topological polar surface area (TPSA) is 98.1 Å². The fourth-order valence-electron chi connectivity index (χ4n) is 3.83. The normalized spacial score (nSPS) is 23.4. The Labute approximate surface area is 173 Å². The highest BCUT2D eigenvalue weighted by atomic mass is 16.5. The van der Waals surface area contributed by atoms with E-state index in [1.165, 1.54) is 0 Å². The van der Waals surface area contributed by atoms with E-state index in [0.717, 1.165) is 77.2 Å². The first-order valence-corrected chi connectivity index (χ1v) is 10.7. The number of nitrogens with one attached hydrogen (secondary N) is 2. The largest absolute Gasteiger partial charge is 0.396 e. The number of piperazine rings is 1. The number of aromatic nitrogens is 2. The molecule has 0 amide bonds. The summed E-state index contributed by atoms with van der Waals surface area (Å²) < 4.78 is 5.57. The molecule has 2 aliphatic rings. The summed E-state index contributed by atoms with van der Waals surface area (Å²) in [4.78, 5) is 18.1. The molecule has 1 unspecified atom stereocenters. The minimum Gasteiger partial charge on any atom is -0.396 e. The molecular formula is C20H35N7O2. The Morgan fingerprint density at radius 2 is 2.03 bits per heavy atom. The minimum absolute atomic E-state index is 0.0209. The molecule has 2 aliphatic heterocycles. The average Bonchev–Trinajstić information content (AvgIpc) is 3.22. The number of anilines is 1. The number of ether oxygens (including phenoxy) is 1. The fraction of sp³-hybridized carbons (Fsp3) is 0.750. The van der Waals surface area contributed by atoms with E-state index in [4.69, 9.17) is 9.73 Å². The van der Waals surface area contributed by atoms with Gasteiger partial charge in [-0.3, -0.25) is 9.89 Å². The molecule has 162 valence electrons. The number of aliphatic hydroxyl groups excluding tert-OH is 1. The smallest absolute Gasteiger partial charge is 0.225 e. The average molecular weight is 406 g/mol. The molecule has 29 heavy (non-hydrogen) atoms. The van der Waals surface area contributed by atoms with E-state index in [1.807, 2.05) is 6.07 Å². The maximum absolute atomic E-state index is 9.39. The SMILES string of the molecule is CCNC(=NCC1(CCO)CCOC1)NCCN1CCN(c2ncccn2)CC1. The van der Waals surface area contributed by atoms with Crippen LogP contribution in [-0.2, 0) is 4.74 Å². The lowest BCUT2D eigenvalue weighted by atomic mass is 9.84. The fourth-order valence-corrected chi connectivity index (χ4v) is 3.83. The summed E-state index contributed by atoms with van der Waals surface area (Å²) in [7, 11) is 0. The molecule has 3 N–H and O–H groups in total. The summed E-state index contributed by atoms with van der Waals surface area (Å²) in [5.41, 5.74) is -0.0209. The molecule has 0 saturated carbocycles. The molecule has 2 fully saturated rings. The van der Waals surface area contributed by atoms with Crippen LogP contribution in [-0.4, -0.2) is 98.1 Å². The van der Waals surface area contributed by atoms with Crippen LogP contribution in [0.2, 0.25) is 0 Å². The monoisotopic (exact) mass is 405 g/mol. The minimum atomic E-state index is -0.0209. The van der Waals surface area contributed by atoms with E-state index in [0.29, 0.717) is 13.2 Å². The van der Waals surface area contributed by atoms with Crippen molar-refractivity contribution in [3.05, 3.63) is 18.5 Å². The first-order valence-electron chi connectivity index (χ1n) is 10.7. The van der Waals surface area contributed by atoms with Crippen molar-refractivity contribution in [3.63, 3.8) is 0 Å². The molecular weight excluding hydrogens is 370 g/mol. The number of aliphatic imine (C=N–C) groups is 1. The third-order valence-corrected chi connectivity index (χ3v) is 5.67. The third kappa shape index (κ3) is 6.52. The molecule has 9 heteroatoms. The van der Waals surface area contributed by atoms with E-state index in [2.05, 4.69) is 37.3 Å². The number of aliphatic hydroxyl groups is 1. The van der Waals surface area contributed by atoms with Crippen LogP contribution in [0.1, 0.15) is 19.8 Å². The van der Waals surface area contributed by atoms with Gasteiger partial charge in [0, 0.05) is 76.8 Å². The van der Waals surface area contributed by atoms with Gasteiger partial charge in [-0.2, -0.15) is 0 Å². The van der Waals surface area contributed by atoms with Gasteiger partial charge in [-0.1, -0.05) is 0 Å². The zero-order valence-electron chi connectivity index (χ0n) is 17.5. The van der Waals surface area contributed by atoms with E-state index >= 15 is 0 Å². The summed E-state index contributed by atoms with van der Waals surface area (Å²) in [5.74, 6) is 1.66. The lowest BCUT2D eigenvalue weighted by Crippen LogP contribution is -2.49. The van der Waals surface area contributed by atoms with Crippen molar-refractivity contribution in [2.24, 2.45) is 10.4 Å². The number of hydrogen-bond acceptors (Lipinski definition) is 7. The standard InChI is InChI=1S/C20H35N7O2/c1-2-21-18(25-16-20(4-14-28)5-15-29-17-20)22-8-9-26-10-12-27(13-11-26)19-23-6-3-7-24-19/h3,6-7,28H,2,4-5,8-17H2,1H3,(H2,21,22,25). The maximum atomic E-state index is 9.39. The lowest BCUT2D eigenvalue weighted by molar-refractivity contribution is 0.131. The van der Waals surface area contributed by atoms with Gasteiger partial charge >= 0.3 is 0 Å². The highest BCUT2D eigenvalue weighted by molar-refractivity contribution is 5.79. The predicted octanol–water partition coefficient (Wildman–Crippen LogP) is -0.0572. The maximum Gasteiger partial charge on any atom is 0.225 e. The lowest BCUT2D eigenvalue weighted by Gasteiger charge is -2.34. The van der Waals surface area contributed by atoms with Gasteiger partial charge < -0.3 is 25.4 Å². The zero-order chi connectivity index (χ0) is 20.4.